The van der Waals surface area contributed by atoms with Crippen molar-refractivity contribution in [3.63, 3.8) is 0 Å². The Morgan fingerprint density at radius 2 is 0.857 bits per heavy atom. The first-order chi connectivity index (χ1) is 27.7. The maximum atomic E-state index is 6.43. The van der Waals surface area contributed by atoms with Gasteiger partial charge in [0.1, 0.15) is 16.7 Å². The number of para-hydroxylation sites is 1. The highest BCUT2D eigenvalue weighted by molar-refractivity contribution is 6.16. The first-order valence-electron chi connectivity index (χ1n) is 18.5. The van der Waals surface area contributed by atoms with Crippen molar-refractivity contribution < 1.29 is 8.83 Å². The van der Waals surface area contributed by atoms with Gasteiger partial charge < -0.3 is 8.83 Å². The Labute approximate surface area is 321 Å². The van der Waals surface area contributed by atoms with Gasteiger partial charge in [-0.05, 0) is 69.4 Å². The molecule has 0 saturated heterocycles. The molecule has 0 aliphatic heterocycles. The van der Waals surface area contributed by atoms with Crippen LogP contribution in [0, 0.1) is 0 Å². The van der Waals surface area contributed by atoms with Crippen molar-refractivity contribution in [2.75, 3.05) is 0 Å². The van der Waals surface area contributed by atoms with Gasteiger partial charge in [-0.3, -0.25) is 0 Å². The van der Waals surface area contributed by atoms with Crippen LogP contribution < -0.4 is 0 Å². The Hall–Kier alpha value is -7.70. The van der Waals surface area contributed by atoms with Crippen LogP contribution >= 0.6 is 0 Å². The van der Waals surface area contributed by atoms with Crippen molar-refractivity contribution in [3.05, 3.63) is 182 Å². The van der Waals surface area contributed by atoms with E-state index in [4.69, 9.17) is 28.8 Å². The van der Waals surface area contributed by atoms with Crippen molar-refractivity contribution in [1.82, 2.24) is 19.9 Å². The Morgan fingerprint density at radius 1 is 0.321 bits per heavy atom. The van der Waals surface area contributed by atoms with Gasteiger partial charge in [-0.25, -0.2) is 19.9 Å². The second-order valence-corrected chi connectivity index (χ2v) is 13.8. The predicted molar refractivity (Wildman–Crippen MR) is 225 cm³/mol. The Morgan fingerprint density at radius 3 is 1.54 bits per heavy atom. The number of hydrogen-bond donors (Lipinski definition) is 0. The zero-order chi connectivity index (χ0) is 37.0. The lowest BCUT2D eigenvalue weighted by molar-refractivity contribution is 0.622. The van der Waals surface area contributed by atoms with E-state index in [0.29, 0.717) is 23.4 Å². The fourth-order valence-corrected chi connectivity index (χ4v) is 7.68. The van der Waals surface area contributed by atoms with Gasteiger partial charge in [0, 0.05) is 27.6 Å². The summed E-state index contributed by atoms with van der Waals surface area (Å²) < 4.78 is 12.5. The maximum Gasteiger partial charge on any atom is 0.227 e. The summed E-state index contributed by atoms with van der Waals surface area (Å²) >= 11 is 0. The number of fused-ring (bicyclic) bond motifs is 6. The molecule has 0 unspecified atom stereocenters. The highest BCUT2D eigenvalue weighted by Gasteiger charge is 2.18. The molecule has 0 N–H and O–H groups in total. The fourth-order valence-electron chi connectivity index (χ4n) is 7.68. The van der Waals surface area contributed by atoms with Gasteiger partial charge in [0.2, 0.25) is 5.89 Å². The Balaban J connectivity index is 0.959. The van der Waals surface area contributed by atoms with Gasteiger partial charge in [0.05, 0.1) is 5.39 Å². The molecule has 0 atom stereocenters. The number of benzene rings is 8. The van der Waals surface area contributed by atoms with Crippen molar-refractivity contribution in [1.29, 1.82) is 0 Å². The summed E-state index contributed by atoms with van der Waals surface area (Å²) in [6.07, 6.45) is 0. The van der Waals surface area contributed by atoms with Crippen LogP contribution in [0.3, 0.4) is 0 Å². The van der Waals surface area contributed by atoms with Crippen LogP contribution in [-0.4, -0.2) is 19.9 Å². The van der Waals surface area contributed by atoms with Crippen LogP contribution in [-0.2, 0) is 0 Å². The molecular formula is C50H30N4O2. The zero-order valence-corrected chi connectivity index (χ0v) is 29.9. The summed E-state index contributed by atoms with van der Waals surface area (Å²) in [4.78, 5) is 19.7. The average molecular weight is 719 g/mol. The first kappa shape index (κ1) is 31.8. The van der Waals surface area contributed by atoms with Crippen LogP contribution in [0.5, 0.6) is 0 Å². The van der Waals surface area contributed by atoms with E-state index in [0.717, 1.165) is 88.3 Å². The smallest absolute Gasteiger partial charge is 0.227 e. The van der Waals surface area contributed by atoms with E-state index in [-0.39, 0.29) is 0 Å². The molecule has 0 spiro atoms. The Bertz CT molecular complexity index is 3180. The molecular weight excluding hydrogens is 689 g/mol. The quantitative estimate of drug-likeness (QED) is 0.170. The third-order valence-corrected chi connectivity index (χ3v) is 10.4. The Kier molecular flexibility index (Phi) is 7.38. The number of hydrogen-bond acceptors (Lipinski definition) is 6. The van der Waals surface area contributed by atoms with Gasteiger partial charge in [0.25, 0.3) is 0 Å². The summed E-state index contributed by atoms with van der Waals surface area (Å²) in [7, 11) is 0. The van der Waals surface area contributed by atoms with E-state index >= 15 is 0 Å². The molecule has 56 heavy (non-hydrogen) atoms. The SMILES string of the molecule is c1ccc(-c2nc(-c3ccccc3)nc(-c3cccc(-c4ccc(-c5ccc(-c6nc7ccc8oc9ccccc9c8c7o6)cc5)c5ccccc45)c3)n2)cc1. The fraction of sp³-hybridized carbons (Fsp3) is 0. The van der Waals surface area contributed by atoms with E-state index in [2.05, 4.69) is 91.0 Å². The molecule has 0 aliphatic carbocycles. The normalized spacial score (nSPS) is 11.6. The van der Waals surface area contributed by atoms with E-state index in [9.17, 15) is 0 Å². The van der Waals surface area contributed by atoms with Crippen LogP contribution in [0.25, 0.3) is 112 Å². The minimum atomic E-state index is 0.578. The predicted octanol–water partition coefficient (Wildman–Crippen LogP) is 13.1. The van der Waals surface area contributed by atoms with E-state index < -0.39 is 0 Å². The van der Waals surface area contributed by atoms with Crippen LogP contribution in [0.15, 0.2) is 191 Å². The standard InChI is InChI=1S/C50H30N4O2/c1-3-12-32(13-4-1)47-52-48(33-14-5-2-6-15-33)54-49(53-47)36-17-11-16-35(30-36)38-27-26-37(39-18-7-8-19-40(38)39)31-22-24-34(25-23-31)50-51-42-28-29-44-45(46(42)56-50)41-20-9-10-21-43(41)55-44/h1-30H. The van der Waals surface area contributed by atoms with E-state index in [1.165, 1.54) is 0 Å². The van der Waals surface area contributed by atoms with Crippen molar-refractivity contribution in [2.24, 2.45) is 0 Å². The lowest BCUT2D eigenvalue weighted by atomic mass is 9.91. The number of oxazole rings is 1. The largest absolute Gasteiger partial charge is 0.456 e. The second-order valence-electron chi connectivity index (χ2n) is 13.8. The minimum absolute atomic E-state index is 0.578. The van der Waals surface area contributed by atoms with Crippen LogP contribution in [0.2, 0.25) is 0 Å². The third-order valence-electron chi connectivity index (χ3n) is 10.4. The van der Waals surface area contributed by atoms with Gasteiger partial charge in [0.15, 0.2) is 23.1 Å². The molecule has 3 heterocycles. The highest BCUT2D eigenvalue weighted by atomic mass is 16.4. The van der Waals surface area contributed by atoms with Gasteiger partial charge in [-0.1, -0.05) is 146 Å². The summed E-state index contributed by atoms with van der Waals surface area (Å²) in [6, 6.07) is 62.0. The number of furan rings is 1. The number of nitrogens with zero attached hydrogens (tertiary/aromatic N) is 4. The number of rotatable bonds is 6. The molecule has 11 aromatic rings. The maximum absolute atomic E-state index is 6.43. The van der Waals surface area contributed by atoms with Crippen molar-refractivity contribution in [2.45, 2.75) is 0 Å². The molecule has 11 rings (SSSR count). The molecule has 0 aliphatic rings. The third kappa shape index (κ3) is 5.43. The van der Waals surface area contributed by atoms with Crippen LogP contribution in [0.4, 0.5) is 0 Å². The molecule has 3 aromatic heterocycles. The average Bonchev–Trinajstić information content (AvgIpc) is 3.89. The lowest BCUT2D eigenvalue weighted by Crippen LogP contribution is -2.00. The summed E-state index contributed by atoms with van der Waals surface area (Å²) in [5, 5.41) is 4.30. The van der Waals surface area contributed by atoms with Crippen LogP contribution in [0.1, 0.15) is 0 Å². The summed E-state index contributed by atoms with van der Waals surface area (Å²) in [6.45, 7) is 0. The minimum Gasteiger partial charge on any atom is -0.456 e. The topological polar surface area (TPSA) is 77.8 Å². The summed E-state index contributed by atoms with van der Waals surface area (Å²) in [5.74, 6) is 2.48. The highest BCUT2D eigenvalue weighted by Crippen LogP contribution is 2.39. The molecule has 0 amide bonds. The first-order valence-corrected chi connectivity index (χ1v) is 18.5. The van der Waals surface area contributed by atoms with E-state index in [1.54, 1.807) is 0 Å². The number of aromatic nitrogens is 4. The van der Waals surface area contributed by atoms with Gasteiger partial charge in [-0.2, -0.15) is 0 Å². The van der Waals surface area contributed by atoms with Gasteiger partial charge >= 0.3 is 0 Å². The van der Waals surface area contributed by atoms with Crippen molar-refractivity contribution >= 4 is 43.8 Å². The molecule has 8 aromatic carbocycles. The molecule has 6 heteroatoms. The lowest BCUT2D eigenvalue weighted by Gasteiger charge is -2.13. The summed E-state index contributed by atoms with van der Waals surface area (Å²) in [5.41, 5.74) is 11.3. The monoisotopic (exact) mass is 718 g/mol. The van der Waals surface area contributed by atoms with Gasteiger partial charge in [-0.15, -0.1) is 0 Å². The molecule has 262 valence electrons. The molecule has 0 fully saturated rings. The van der Waals surface area contributed by atoms with E-state index in [1.807, 2.05) is 91.0 Å². The molecule has 6 nitrogen and oxygen atoms in total. The molecule has 0 radical (unpaired) electrons. The van der Waals surface area contributed by atoms with Crippen molar-refractivity contribution in [3.8, 4) is 67.9 Å². The second kappa shape index (κ2) is 13.0. The zero-order valence-electron chi connectivity index (χ0n) is 29.9. The molecule has 0 bridgehead atoms. The molecule has 0 saturated carbocycles.